The van der Waals surface area contributed by atoms with Crippen molar-refractivity contribution in [2.24, 2.45) is 11.3 Å². The van der Waals surface area contributed by atoms with Crippen molar-refractivity contribution >= 4 is 5.91 Å². The molecule has 0 bridgehead atoms. The van der Waals surface area contributed by atoms with Gasteiger partial charge in [-0.25, -0.2) is 0 Å². The number of ether oxygens (including phenoxy) is 1. The van der Waals surface area contributed by atoms with E-state index in [9.17, 15) is 4.79 Å². The molecule has 0 spiro atoms. The van der Waals surface area contributed by atoms with E-state index in [1.165, 1.54) is 0 Å². The summed E-state index contributed by atoms with van der Waals surface area (Å²) in [5.41, 5.74) is -0.0236. The maximum Gasteiger partial charge on any atom is 0.227 e. The molecule has 16 heavy (non-hydrogen) atoms. The van der Waals surface area contributed by atoms with Crippen LogP contribution >= 0.6 is 0 Å². The van der Waals surface area contributed by atoms with E-state index in [1.54, 1.807) is 0 Å². The molecule has 1 aliphatic carbocycles. The Labute approximate surface area is 95.5 Å². The molecular formula is C11H20N2O3. The van der Waals surface area contributed by atoms with Crippen molar-refractivity contribution in [1.82, 2.24) is 10.6 Å². The normalized spacial score (nSPS) is 31.4. The number of aliphatic hydroxyl groups is 1. The number of rotatable bonds is 5. The van der Waals surface area contributed by atoms with Crippen LogP contribution in [0.25, 0.3) is 0 Å². The predicted molar refractivity (Wildman–Crippen MR) is 58.9 cm³/mol. The van der Waals surface area contributed by atoms with E-state index in [-0.39, 0.29) is 29.9 Å². The monoisotopic (exact) mass is 228 g/mol. The Hall–Kier alpha value is -0.650. The van der Waals surface area contributed by atoms with Gasteiger partial charge in [0.1, 0.15) is 0 Å². The zero-order chi connectivity index (χ0) is 11.6. The van der Waals surface area contributed by atoms with Gasteiger partial charge < -0.3 is 20.5 Å². The molecule has 5 nitrogen and oxygen atoms in total. The second-order valence-electron chi connectivity index (χ2n) is 4.92. The van der Waals surface area contributed by atoms with E-state index in [4.69, 9.17) is 9.84 Å². The number of nitrogens with one attached hydrogen (secondary N) is 2. The Morgan fingerprint density at radius 2 is 2.25 bits per heavy atom. The predicted octanol–water partition coefficient (Wildman–Crippen LogP) is -0.890. The molecule has 3 N–H and O–H groups in total. The van der Waals surface area contributed by atoms with Crippen LogP contribution < -0.4 is 10.6 Å². The minimum absolute atomic E-state index is 0.0236. The molecule has 1 aliphatic heterocycles. The van der Waals surface area contributed by atoms with Crippen molar-refractivity contribution in [2.45, 2.75) is 18.9 Å². The summed E-state index contributed by atoms with van der Waals surface area (Å²) in [5.74, 6) is -0.0592. The highest BCUT2D eigenvalue weighted by Gasteiger charge is 2.43. The number of amides is 1. The minimum Gasteiger partial charge on any atom is -0.396 e. The number of carbonyl (C=O) groups is 1. The largest absolute Gasteiger partial charge is 0.396 e. The number of hydrogen-bond donors (Lipinski definition) is 3. The lowest BCUT2D eigenvalue weighted by molar-refractivity contribution is -0.125. The smallest absolute Gasteiger partial charge is 0.227 e. The lowest BCUT2D eigenvalue weighted by Gasteiger charge is -2.18. The number of likely N-dealkylation sites (N-methyl/N-ethyl adjacent to an activating group) is 1. The van der Waals surface area contributed by atoms with Gasteiger partial charge >= 0.3 is 0 Å². The Kier molecular flexibility index (Phi) is 3.47. The minimum atomic E-state index is -0.0977. The molecular weight excluding hydrogens is 208 g/mol. The van der Waals surface area contributed by atoms with Gasteiger partial charge in [0.05, 0.1) is 25.7 Å². The van der Waals surface area contributed by atoms with Crippen LogP contribution in [-0.2, 0) is 9.53 Å². The van der Waals surface area contributed by atoms with E-state index in [2.05, 4.69) is 10.6 Å². The lowest BCUT2D eigenvalue weighted by atomic mass is 10.0. The van der Waals surface area contributed by atoms with E-state index in [1.807, 2.05) is 7.05 Å². The Bertz CT molecular complexity index is 266. The molecule has 2 atom stereocenters. The zero-order valence-electron chi connectivity index (χ0n) is 9.66. The highest BCUT2D eigenvalue weighted by atomic mass is 16.5. The molecule has 0 radical (unpaired) electrons. The second-order valence-corrected chi connectivity index (χ2v) is 4.92. The summed E-state index contributed by atoms with van der Waals surface area (Å²) in [4.78, 5) is 11.9. The van der Waals surface area contributed by atoms with Crippen LogP contribution in [0.15, 0.2) is 0 Å². The van der Waals surface area contributed by atoms with Crippen molar-refractivity contribution in [3.8, 4) is 0 Å². The highest BCUT2D eigenvalue weighted by Crippen LogP contribution is 2.44. The van der Waals surface area contributed by atoms with Crippen molar-refractivity contribution in [1.29, 1.82) is 0 Å². The molecule has 2 unspecified atom stereocenters. The average Bonchev–Trinajstić information content (AvgIpc) is 2.94. The molecule has 1 heterocycles. The first kappa shape index (κ1) is 11.8. The van der Waals surface area contributed by atoms with Gasteiger partial charge in [-0.15, -0.1) is 0 Å². The number of hydrogen-bond acceptors (Lipinski definition) is 4. The molecule has 1 amide bonds. The van der Waals surface area contributed by atoms with Gasteiger partial charge in [0, 0.05) is 18.0 Å². The first-order valence-corrected chi connectivity index (χ1v) is 5.84. The quantitative estimate of drug-likeness (QED) is 0.571. The Morgan fingerprint density at radius 1 is 1.50 bits per heavy atom. The zero-order valence-corrected chi connectivity index (χ0v) is 9.66. The third-order valence-corrected chi connectivity index (χ3v) is 3.72. The second kappa shape index (κ2) is 4.69. The van der Waals surface area contributed by atoms with Crippen LogP contribution in [0.2, 0.25) is 0 Å². The fraction of sp³-hybridized carbons (Fsp3) is 0.909. The van der Waals surface area contributed by atoms with E-state index in [0.717, 1.165) is 12.8 Å². The van der Waals surface area contributed by atoms with Gasteiger partial charge in [0.25, 0.3) is 0 Å². The fourth-order valence-corrected chi connectivity index (χ4v) is 2.07. The molecule has 92 valence electrons. The van der Waals surface area contributed by atoms with Crippen LogP contribution in [0.3, 0.4) is 0 Å². The molecule has 2 rings (SSSR count). The summed E-state index contributed by atoms with van der Waals surface area (Å²) in [6, 6.07) is 0.115. The van der Waals surface area contributed by atoms with E-state index in [0.29, 0.717) is 19.8 Å². The number of aliphatic hydroxyl groups excluding tert-OH is 1. The van der Waals surface area contributed by atoms with Crippen molar-refractivity contribution in [2.75, 3.05) is 33.4 Å². The van der Waals surface area contributed by atoms with Gasteiger partial charge in [0.15, 0.2) is 0 Å². The van der Waals surface area contributed by atoms with Gasteiger partial charge in [0.2, 0.25) is 5.91 Å². The molecule has 0 aromatic heterocycles. The Balaban J connectivity index is 1.79. The molecule has 0 aromatic carbocycles. The molecule has 5 heteroatoms. The summed E-state index contributed by atoms with van der Waals surface area (Å²) in [5, 5.41) is 15.2. The summed E-state index contributed by atoms with van der Waals surface area (Å²) < 4.78 is 5.28. The van der Waals surface area contributed by atoms with Crippen LogP contribution in [0.5, 0.6) is 0 Å². The summed E-state index contributed by atoms with van der Waals surface area (Å²) in [6.45, 7) is 1.85. The van der Waals surface area contributed by atoms with Gasteiger partial charge in [-0.1, -0.05) is 0 Å². The van der Waals surface area contributed by atoms with Crippen molar-refractivity contribution in [3.05, 3.63) is 0 Å². The summed E-state index contributed by atoms with van der Waals surface area (Å²) in [6.07, 6.45) is 2.03. The average molecular weight is 228 g/mol. The van der Waals surface area contributed by atoms with Crippen molar-refractivity contribution < 1.29 is 14.6 Å². The SMILES string of the molecule is CNC1COCC1C(=O)NCC1(CO)CC1. The molecule has 2 aliphatic rings. The third-order valence-electron chi connectivity index (χ3n) is 3.72. The van der Waals surface area contributed by atoms with Crippen molar-refractivity contribution in [3.63, 3.8) is 0 Å². The molecule has 0 aromatic rings. The van der Waals surface area contributed by atoms with E-state index < -0.39 is 0 Å². The van der Waals surface area contributed by atoms with Gasteiger partial charge in [-0.3, -0.25) is 4.79 Å². The summed E-state index contributed by atoms with van der Waals surface area (Å²) in [7, 11) is 1.84. The maximum absolute atomic E-state index is 11.9. The van der Waals surface area contributed by atoms with E-state index >= 15 is 0 Å². The maximum atomic E-state index is 11.9. The van der Waals surface area contributed by atoms with Gasteiger partial charge in [-0.05, 0) is 19.9 Å². The van der Waals surface area contributed by atoms with Crippen LogP contribution in [-0.4, -0.2) is 50.5 Å². The molecule has 1 saturated carbocycles. The lowest BCUT2D eigenvalue weighted by Crippen LogP contribution is -2.44. The first-order chi connectivity index (χ1) is 7.71. The van der Waals surface area contributed by atoms with Crippen LogP contribution in [0, 0.1) is 11.3 Å². The highest BCUT2D eigenvalue weighted by molar-refractivity contribution is 5.80. The number of carbonyl (C=O) groups excluding carboxylic acids is 1. The molecule has 2 fully saturated rings. The fourth-order valence-electron chi connectivity index (χ4n) is 2.07. The summed E-state index contributed by atoms with van der Waals surface area (Å²) >= 11 is 0. The topological polar surface area (TPSA) is 70.6 Å². The Morgan fingerprint density at radius 3 is 2.81 bits per heavy atom. The first-order valence-electron chi connectivity index (χ1n) is 5.84. The van der Waals surface area contributed by atoms with Gasteiger partial charge in [-0.2, -0.15) is 0 Å². The third kappa shape index (κ3) is 2.36. The van der Waals surface area contributed by atoms with Crippen LogP contribution in [0.4, 0.5) is 0 Å². The molecule has 1 saturated heterocycles. The standard InChI is InChI=1S/C11H20N2O3/c1-12-9-5-16-4-8(9)10(15)13-6-11(7-14)2-3-11/h8-9,12,14H,2-7H2,1H3,(H,13,15). The van der Waals surface area contributed by atoms with Crippen LogP contribution in [0.1, 0.15) is 12.8 Å².